The zero-order valence-electron chi connectivity index (χ0n) is 13.8. The van der Waals surface area contributed by atoms with Crippen LogP contribution in [0.2, 0.25) is 15.1 Å². The first kappa shape index (κ1) is 20.5. The standard InChI is InChI=1S/C17H19Cl3N2O2S/c1-22(2)10-9-17(12-3-5-13(18)6-4-12)21-25(23,24)14-7-8-15(19)16(20)11-14/h3-8,11,17,21H,9-10H2,1-2H3. The summed E-state index contributed by atoms with van der Waals surface area (Å²) in [4.78, 5) is 2.07. The molecule has 0 saturated heterocycles. The molecule has 0 bridgehead atoms. The van der Waals surface area contributed by atoms with Crippen LogP contribution in [0, 0.1) is 0 Å². The van der Waals surface area contributed by atoms with E-state index in [1.165, 1.54) is 18.2 Å². The van der Waals surface area contributed by atoms with Crippen LogP contribution in [0.25, 0.3) is 0 Å². The summed E-state index contributed by atoms with van der Waals surface area (Å²) in [6, 6.07) is 11.0. The molecule has 0 heterocycles. The molecule has 8 heteroatoms. The number of rotatable bonds is 7. The van der Waals surface area contributed by atoms with Crippen molar-refractivity contribution >= 4 is 44.8 Å². The SMILES string of the molecule is CN(C)CCC(NS(=O)(=O)c1ccc(Cl)c(Cl)c1)c1ccc(Cl)cc1. The monoisotopic (exact) mass is 420 g/mol. The van der Waals surface area contributed by atoms with Crippen molar-refractivity contribution in [3.8, 4) is 0 Å². The van der Waals surface area contributed by atoms with E-state index in [4.69, 9.17) is 34.8 Å². The zero-order valence-corrected chi connectivity index (χ0v) is 16.9. The van der Waals surface area contributed by atoms with E-state index in [1.54, 1.807) is 12.1 Å². The quantitative estimate of drug-likeness (QED) is 0.710. The number of halogens is 3. The third-order valence-corrected chi connectivity index (χ3v) is 6.10. The summed E-state index contributed by atoms with van der Waals surface area (Å²) in [6.45, 7) is 0.719. The Morgan fingerprint density at radius 3 is 2.20 bits per heavy atom. The molecule has 2 aromatic carbocycles. The fourth-order valence-electron chi connectivity index (χ4n) is 2.28. The minimum Gasteiger partial charge on any atom is -0.309 e. The molecular weight excluding hydrogens is 403 g/mol. The summed E-state index contributed by atoms with van der Waals surface area (Å²) < 4.78 is 28.2. The molecule has 1 N–H and O–H groups in total. The van der Waals surface area contributed by atoms with Crippen LogP contribution in [0.5, 0.6) is 0 Å². The first-order chi connectivity index (χ1) is 11.7. The molecule has 0 aliphatic carbocycles. The Balaban J connectivity index is 2.30. The van der Waals surface area contributed by atoms with Gasteiger partial charge in [0.05, 0.1) is 14.9 Å². The molecule has 2 rings (SSSR count). The van der Waals surface area contributed by atoms with Gasteiger partial charge in [-0.1, -0.05) is 46.9 Å². The zero-order chi connectivity index (χ0) is 18.6. The smallest absolute Gasteiger partial charge is 0.241 e. The molecule has 0 amide bonds. The van der Waals surface area contributed by atoms with Crippen LogP contribution in [-0.2, 0) is 10.0 Å². The number of sulfonamides is 1. The van der Waals surface area contributed by atoms with E-state index >= 15 is 0 Å². The highest BCUT2D eigenvalue weighted by molar-refractivity contribution is 7.89. The van der Waals surface area contributed by atoms with Crippen LogP contribution in [0.3, 0.4) is 0 Å². The summed E-state index contributed by atoms with van der Waals surface area (Å²) in [7, 11) is 0.124. The molecule has 0 saturated carbocycles. The van der Waals surface area contributed by atoms with E-state index in [0.717, 1.165) is 12.1 Å². The molecular formula is C17H19Cl3N2O2S. The van der Waals surface area contributed by atoms with Crippen LogP contribution in [-0.4, -0.2) is 34.0 Å². The maximum Gasteiger partial charge on any atom is 0.241 e. The molecule has 2 aromatic rings. The number of hydrogen-bond acceptors (Lipinski definition) is 3. The first-order valence-corrected chi connectivity index (χ1v) is 10.2. The maximum absolute atomic E-state index is 12.7. The number of benzene rings is 2. The Bertz CT molecular complexity index is 824. The van der Waals surface area contributed by atoms with Crippen LogP contribution in [0.4, 0.5) is 0 Å². The van der Waals surface area contributed by atoms with Crippen molar-refractivity contribution in [2.45, 2.75) is 17.4 Å². The summed E-state index contributed by atoms with van der Waals surface area (Å²) in [5.74, 6) is 0. The normalized spacial score (nSPS) is 13.2. The van der Waals surface area contributed by atoms with E-state index in [9.17, 15) is 8.42 Å². The summed E-state index contributed by atoms with van der Waals surface area (Å²) >= 11 is 17.7. The van der Waals surface area contributed by atoms with Crippen LogP contribution < -0.4 is 4.72 Å². The third-order valence-electron chi connectivity index (χ3n) is 3.64. The molecule has 0 fully saturated rings. The second-order valence-electron chi connectivity index (χ2n) is 5.89. The van der Waals surface area contributed by atoms with Gasteiger partial charge in [0.15, 0.2) is 0 Å². The van der Waals surface area contributed by atoms with Crippen molar-refractivity contribution in [3.63, 3.8) is 0 Å². The third kappa shape index (κ3) is 5.84. The van der Waals surface area contributed by atoms with Crippen LogP contribution in [0.15, 0.2) is 47.4 Å². The lowest BCUT2D eigenvalue weighted by Crippen LogP contribution is -2.31. The summed E-state index contributed by atoms with van der Waals surface area (Å²) in [5, 5.41) is 1.10. The van der Waals surface area contributed by atoms with Crippen molar-refractivity contribution in [2.75, 3.05) is 20.6 Å². The second kappa shape index (κ2) is 8.71. The lowest BCUT2D eigenvalue weighted by Gasteiger charge is -2.21. The molecule has 136 valence electrons. The van der Waals surface area contributed by atoms with Gasteiger partial charge >= 0.3 is 0 Å². The number of nitrogens with one attached hydrogen (secondary N) is 1. The maximum atomic E-state index is 12.7. The van der Waals surface area contributed by atoms with E-state index in [0.29, 0.717) is 16.5 Å². The molecule has 0 aromatic heterocycles. The van der Waals surface area contributed by atoms with Gasteiger partial charge in [-0.3, -0.25) is 0 Å². The predicted molar refractivity (Wildman–Crippen MR) is 104 cm³/mol. The minimum absolute atomic E-state index is 0.0747. The lowest BCUT2D eigenvalue weighted by atomic mass is 10.0. The van der Waals surface area contributed by atoms with Gasteiger partial charge in [0.2, 0.25) is 10.0 Å². The molecule has 0 aliphatic rings. The average molecular weight is 422 g/mol. The highest BCUT2D eigenvalue weighted by Crippen LogP contribution is 2.27. The minimum atomic E-state index is -3.75. The van der Waals surface area contributed by atoms with Crippen molar-refractivity contribution < 1.29 is 8.42 Å². The average Bonchev–Trinajstić information content (AvgIpc) is 2.54. The molecule has 4 nitrogen and oxygen atoms in total. The van der Waals surface area contributed by atoms with Gasteiger partial charge in [0.1, 0.15) is 0 Å². The van der Waals surface area contributed by atoms with Gasteiger partial charge in [-0.15, -0.1) is 0 Å². The van der Waals surface area contributed by atoms with E-state index < -0.39 is 10.0 Å². The van der Waals surface area contributed by atoms with Gasteiger partial charge in [0.25, 0.3) is 0 Å². The van der Waals surface area contributed by atoms with E-state index in [2.05, 4.69) is 4.72 Å². The van der Waals surface area contributed by atoms with Crippen molar-refractivity contribution in [1.82, 2.24) is 9.62 Å². The molecule has 1 unspecified atom stereocenters. The largest absolute Gasteiger partial charge is 0.309 e. The van der Waals surface area contributed by atoms with Crippen molar-refractivity contribution in [1.29, 1.82) is 0 Å². The molecule has 0 radical (unpaired) electrons. The summed E-state index contributed by atoms with van der Waals surface area (Å²) in [6.07, 6.45) is 0.606. The predicted octanol–water partition coefficient (Wildman–Crippen LogP) is 4.62. The van der Waals surface area contributed by atoms with E-state index in [1.807, 2.05) is 31.1 Å². The Morgan fingerprint density at radius 2 is 1.64 bits per heavy atom. The molecule has 1 atom stereocenters. The molecule has 25 heavy (non-hydrogen) atoms. The van der Waals surface area contributed by atoms with Crippen molar-refractivity contribution in [2.24, 2.45) is 0 Å². The number of nitrogens with zero attached hydrogens (tertiary/aromatic N) is 1. The van der Waals surface area contributed by atoms with Gasteiger partial charge in [-0.05, 0) is 63.0 Å². The lowest BCUT2D eigenvalue weighted by molar-refractivity contribution is 0.375. The Kier molecular flexibility index (Phi) is 7.14. The van der Waals surface area contributed by atoms with Crippen molar-refractivity contribution in [3.05, 3.63) is 63.1 Å². The molecule has 0 spiro atoms. The highest BCUT2D eigenvalue weighted by atomic mass is 35.5. The highest BCUT2D eigenvalue weighted by Gasteiger charge is 2.22. The Labute approximate surface area is 163 Å². The molecule has 0 aliphatic heterocycles. The second-order valence-corrected chi connectivity index (χ2v) is 8.86. The van der Waals surface area contributed by atoms with Crippen LogP contribution >= 0.6 is 34.8 Å². The first-order valence-electron chi connectivity index (χ1n) is 7.56. The van der Waals surface area contributed by atoms with Crippen LogP contribution in [0.1, 0.15) is 18.0 Å². The fourth-order valence-corrected chi connectivity index (χ4v) is 4.05. The summed E-state index contributed by atoms with van der Waals surface area (Å²) in [5.41, 5.74) is 0.842. The fraction of sp³-hybridized carbons (Fsp3) is 0.294. The Hall–Kier alpha value is -0.820. The van der Waals surface area contributed by atoms with Gasteiger partial charge in [-0.25, -0.2) is 13.1 Å². The Morgan fingerprint density at radius 1 is 1.00 bits per heavy atom. The van der Waals surface area contributed by atoms with Gasteiger partial charge in [-0.2, -0.15) is 0 Å². The van der Waals surface area contributed by atoms with Gasteiger partial charge < -0.3 is 4.90 Å². The number of hydrogen-bond donors (Lipinski definition) is 1. The van der Waals surface area contributed by atoms with Gasteiger partial charge in [0, 0.05) is 11.1 Å². The van der Waals surface area contributed by atoms with E-state index in [-0.39, 0.29) is 16.0 Å². The topological polar surface area (TPSA) is 49.4 Å².